The zero-order chi connectivity index (χ0) is 26.3. The van der Waals surface area contributed by atoms with Crippen LogP contribution in [-0.2, 0) is 0 Å². The predicted octanol–water partition coefficient (Wildman–Crippen LogP) is 8.89. The Balaban J connectivity index is 1.45. The Morgan fingerprint density at radius 3 is 1.95 bits per heavy atom. The van der Waals surface area contributed by atoms with Gasteiger partial charge >= 0.3 is 0 Å². The maximum absolute atomic E-state index is 5.70. The van der Waals surface area contributed by atoms with Gasteiger partial charge in [0.1, 0.15) is 15.2 Å². The van der Waals surface area contributed by atoms with Gasteiger partial charge in [-0.15, -0.1) is 11.8 Å². The van der Waals surface area contributed by atoms with E-state index in [1.807, 2.05) is 11.8 Å². The number of nitrogens with zero attached hydrogens (tertiary/aromatic N) is 2. The Kier molecular flexibility index (Phi) is 6.44. The number of ether oxygens (including phenoxy) is 1. The number of thioether (sulfide) groups is 2. The summed E-state index contributed by atoms with van der Waals surface area (Å²) in [7, 11) is 1.73. The molecule has 7 rings (SSSR count). The van der Waals surface area contributed by atoms with Crippen LogP contribution in [0.2, 0.25) is 0 Å². The molecule has 4 aromatic carbocycles. The molecule has 1 saturated heterocycles. The van der Waals surface area contributed by atoms with E-state index in [0.717, 1.165) is 18.6 Å². The first kappa shape index (κ1) is 24.9. The Morgan fingerprint density at radius 1 is 0.744 bits per heavy atom. The molecule has 3 aliphatic rings. The van der Waals surface area contributed by atoms with Gasteiger partial charge in [-0.2, -0.15) is 0 Å². The van der Waals surface area contributed by atoms with Gasteiger partial charge in [0.05, 0.1) is 23.7 Å². The van der Waals surface area contributed by atoms with Crippen molar-refractivity contribution in [3.05, 3.63) is 132 Å². The average molecular weight is 549 g/mol. The zero-order valence-electron chi connectivity index (χ0n) is 22.1. The maximum atomic E-state index is 5.70. The molecular weight excluding hydrogens is 517 g/mol. The highest BCUT2D eigenvalue weighted by atomic mass is 32.2. The van der Waals surface area contributed by atoms with Gasteiger partial charge in [0.25, 0.3) is 0 Å². The van der Waals surface area contributed by atoms with Gasteiger partial charge < -0.3 is 9.64 Å². The van der Waals surface area contributed by atoms with Crippen LogP contribution >= 0.6 is 23.5 Å². The standard InChI is InChI=1S/C34H32N2OS2/c1-37-29-21-19-28(20-22-29)36-30(25-13-5-2-6-14-25)34(39-32(36)27-17-9-4-10-18-27)33(23-11-12-24-33)35-31(38-34)26-15-7-3-8-16-26/h2-10,13-22,30,32H,11-12,23-24H2,1H3/t30-,32-,34+/m0/s1. The molecule has 196 valence electrons. The summed E-state index contributed by atoms with van der Waals surface area (Å²) in [6.45, 7) is 0. The Labute approximate surface area is 239 Å². The fraction of sp³-hybridized carbons (Fsp3) is 0.265. The van der Waals surface area contributed by atoms with E-state index in [2.05, 4.69) is 132 Å². The van der Waals surface area contributed by atoms with Crippen LogP contribution in [0.15, 0.2) is 120 Å². The highest BCUT2D eigenvalue weighted by molar-refractivity contribution is 8.27. The minimum atomic E-state index is -0.170. The quantitative estimate of drug-likeness (QED) is 0.249. The largest absolute Gasteiger partial charge is 0.497 e. The van der Waals surface area contributed by atoms with Crippen molar-refractivity contribution >= 4 is 34.3 Å². The SMILES string of the molecule is COc1ccc(N2[C@@H](c3ccccc3)[C@@]3(SC(c4ccccc4)=NC34CCCC4)S[C@H]2c2ccccc2)cc1. The van der Waals surface area contributed by atoms with Crippen LogP contribution in [0.3, 0.4) is 0 Å². The van der Waals surface area contributed by atoms with Crippen LogP contribution in [0.5, 0.6) is 5.75 Å². The molecule has 0 radical (unpaired) electrons. The van der Waals surface area contributed by atoms with Crippen LogP contribution < -0.4 is 9.64 Å². The molecule has 1 saturated carbocycles. The van der Waals surface area contributed by atoms with Gasteiger partial charge in [-0.3, -0.25) is 4.99 Å². The molecule has 2 fully saturated rings. The Hall–Kier alpha value is -3.15. The van der Waals surface area contributed by atoms with Crippen molar-refractivity contribution < 1.29 is 4.74 Å². The van der Waals surface area contributed by atoms with Crippen LogP contribution in [0.1, 0.15) is 53.8 Å². The van der Waals surface area contributed by atoms with Crippen molar-refractivity contribution in [3.8, 4) is 5.75 Å². The van der Waals surface area contributed by atoms with Crippen molar-refractivity contribution in [2.45, 2.75) is 46.7 Å². The van der Waals surface area contributed by atoms with Gasteiger partial charge in [0.2, 0.25) is 0 Å². The summed E-state index contributed by atoms with van der Waals surface area (Å²) in [5.41, 5.74) is 5.00. The van der Waals surface area contributed by atoms with Crippen molar-refractivity contribution in [2.75, 3.05) is 12.0 Å². The lowest BCUT2D eigenvalue weighted by Crippen LogP contribution is -2.48. The van der Waals surface area contributed by atoms with Gasteiger partial charge in [0.15, 0.2) is 0 Å². The summed E-state index contributed by atoms with van der Waals surface area (Å²) in [6, 6.07) is 41.8. The van der Waals surface area contributed by atoms with Crippen molar-refractivity contribution in [1.29, 1.82) is 0 Å². The van der Waals surface area contributed by atoms with E-state index < -0.39 is 0 Å². The summed E-state index contributed by atoms with van der Waals surface area (Å²) in [6.07, 6.45) is 4.72. The second-order valence-corrected chi connectivity index (χ2v) is 13.4. The third-order valence-electron chi connectivity index (χ3n) is 8.41. The smallest absolute Gasteiger partial charge is 0.119 e. The molecule has 2 heterocycles. The summed E-state index contributed by atoms with van der Waals surface area (Å²) in [4.78, 5) is 8.37. The zero-order valence-corrected chi connectivity index (χ0v) is 23.7. The molecule has 2 spiro atoms. The van der Waals surface area contributed by atoms with E-state index in [1.54, 1.807) is 7.11 Å². The van der Waals surface area contributed by atoms with Crippen LogP contribution in [0.4, 0.5) is 5.69 Å². The molecule has 0 N–H and O–H groups in total. The van der Waals surface area contributed by atoms with Gasteiger partial charge in [-0.1, -0.05) is 116 Å². The molecule has 0 bridgehead atoms. The molecule has 1 aliphatic carbocycles. The first-order chi connectivity index (χ1) is 19.2. The van der Waals surface area contributed by atoms with Crippen LogP contribution in [-0.4, -0.2) is 21.8 Å². The topological polar surface area (TPSA) is 24.8 Å². The van der Waals surface area contributed by atoms with E-state index in [0.29, 0.717) is 0 Å². The molecule has 5 heteroatoms. The molecule has 0 amide bonds. The molecule has 2 aliphatic heterocycles. The van der Waals surface area contributed by atoms with E-state index in [1.165, 1.54) is 40.3 Å². The van der Waals surface area contributed by atoms with Gasteiger partial charge in [0, 0.05) is 11.3 Å². The van der Waals surface area contributed by atoms with E-state index in [4.69, 9.17) is 9.73 Å². The monoisotopic (exact) mass is 548 g/mol. The predicted molar refractivity (Wildman–Crippen MR) is 166 cm³/mol. The second-order valence-electron chi connectivity index (χ2n) is 10.6. The molecule has 3 atom stereocenters. The molecule has 0 unspecified atom stereocenters. The van der Waals surface area contributed by atoms with E-state index >= 15 is 0 Å². The first-order valence-corrected chi connectivity index (χ1v) is 15.5. The molecule has 3 nitrogen and oxygen atoms in total. The van der Waals surface area contributed by atoms with E-state index in [-0.39, 0.29) is 21.0 Å². The number of fused-ring (bicyclic) bond motifs is 1. The van der Waals surface area contributed by atoms with Crippen LogP contribution in [0, 0.1) is 0 Å². The lowest BCUT2D eigenvalue weighted by atomic mass is 9.84. The fourth-order valence-electron chi connectivity index (χ4n) is 6.61. The fourth-order valence-corrected chi connectivity index (χ4v) is 10.7. The number of rotatable bonds is 5. The summed E-state index contributed by atoms with van der Waals surface area (Å²) >= 11 is 4.15. The lowest BCUT2D eigenvalue weighted by Gasteiger charge is -2.43. The van der Waals surface area contributed by atoms with Gasteiger partial charge in [-0.05, 0) is 48.2 Å². The second kappa shape index (κ2) is 10.1. The number of hydrogen-bond donors (Lipinski definition) is 0. The highest BCUT2D eigenvalue weighted by Gasteiger charge is 2.68. The Bertz CT molecular complexity index is 1450. The third kappa shape index (κ3) is 4.09. The molecule has 0 aromatic heterocycles. The summed E-state index contributed by atoms with van der Waals surface area (Å²) in [5.74, 6) is 0.880. The summed E-state index contributed by atoms with van der Waals surface area (Å²) < 4.78 is 5.37. The molecular formula is C34H32N2OS2. The first-order valence-electron chi connectivity index (χ1n) is 13.8. The normalized spacial score (nSPS) is 25.4. The van der Waals surface area contributed by atoms with Gasteiger partial charge in [-0.25, -0.2) is 0 Å². The van der Waals surface area contributed by atoms with Crippen LogP contribution in [0.25, 0.3) is 0 Å². The number of anilines is 1. The number of methoxy groups -OCH3 is 1. The van der Waals surface area contributed by atoms with Crippen molar-refractivity contribution in [1.82, 2.24) is 0 Å². The lowest BCUT2D eigenvalue weighted by molar-refractivity contribution is 0.370. The van der Waals surface area contributed by atoms with E-state index in [9.17, 15) is 0 Å². The number of aliphatic imine (C=N–C) groups is 1. The molecule has 4 aromatic rings. The highest BCUT2D eigenvalue weighted by Crippen LogP contribution is 2.73. The van der Waals surface area contributed by atoms with Crippen molar-refractivity contribution in [3.63, 3.8) is 0 Å². The molecule has 39 heavy (non-hydrogen) atoms. The number of hydrogen-bond acceptors (Lipinski definition) is 5. The average Bonchev–Trinajstić information content (AvgIpc) is 3.71. The number of benzene rings is 4. The Morgan fingerprint density at radius 2 is 1.33 bits per heavy atom. The summed E-state index contributed by atoms with van der Waals surface area (Å²) in [5, 5.41) is 1.34. The minimum absolute atomic E-state index is 0.123. The van der Waals surface area contributed by atoms with Crippen molar-refractivity contribution in [2.24, 2.45) is 4.99 Å². The third-order valence-corrected chi connectivity index (χ3v) is 12.1. The maximum Gasteiger partial charge on any atom is 0.119 e. The minimum Gasteiger partial charge on any atom is -0.497 e.